The molecule has 0 saturated heterocycles. The highest BCUT2D eigenvalue weighted by Gasteiger charge is 2.23. The van der Waals surface area contributed by atoms with E-state index in [-0.39, 0.29) is 6.04 Å². The highest BCUT2D eigenvalue weighted by molar-refractivity contribution is 9.10. The summed E-state index contributed by atoms with van der Waals surface area (Å²) in [5.41, 5.74) is 0. The van der Waals surface area contributed by atoms with Crippen molar-refractivity contribution in [3.05, 3.63) is 20.3 Å². The average Bonchev–Trinajstić information content (AvgIpc) is 2.96. The smallest absolute Gasteiger partial charge is 0.130 e. The lowest BCUT2D eigenvalue weighted by Gasteiger charge is -2.08. The van der Waals surface area contributed by atoms with Crippen molar-refractivity contribution in [3.63, 3.8) is 0 Å². The van der Waals surface area contributed by atoms with E-state index >= 15 is 0 Å². The average molecular weight is 285 g/mol. The molecule has 1 aromatic rings. The van der Waals surface area contributed by atoms with Crippen LogP contribution in [0.15, 0.2) is 10.5 Å². The fraction of sp³-hybridized carbons (Fsp3) is 0.545. The predicted octanol–water partition coefficient (Wildman–Crippen LogP) is 3.38. The molecule has 0 amide bonds. The van der Waals surface area contributed by atoms with E-state index in [9.17, 15) is 0 Å². The van der Waals surface area contributed by atoms with Crippen molar-refractivity contribution in [2.24, 2.45) is 5.92 Å². The molecule has 15 heavy (non-hydrogen) atoms. The maximum atomic E-state index is 9.09. The summed E-state index contributed by atoms with van der Waals surface area (Å²) in [7, 11) is 0. The molecule has 2 nitrogen and oxygen atoms in total. The van der Waals surface area contributed by atoms with Crippen molar-refractivity contribution in [2.45, 2.75) is 25.8 Å². The second-order valence-corrected chi connectivity index (χ2v) is 6.11. The van der Waals surface area contributed by atoms with Crippen molar-refractivity contribution in [3.8, 4) is 6.07 Å². The minimum Gasteiger partial charge on any atom is -0.297 e. The topological polar surface area (TPSA) is 35.8 Å². The van der Waals surface area contributed by atoms with Gasteiger partial charge in [-0.1, -0.05) is 0 Å². The van der Waals surface area contributed by atoms with Gasteiger partial charge >= 0.3 is 0 Å². The highest BCUT2D eigenvalue weighted by atomic mass is 79.9. The van der Waals surface area contributed by atoms with E-state index < -0.39 is 0 Å². The van der Waals surface area contributed by atoms with Gasteiger partial charge < -0.3 is 0 Å². The lowest BCUT2D eigenvalue weighted by molar-refractivity contribution is 0.599. The third kappa shape index (κ3) is 2.81. The van der Waals surface area contributed by atoms with E-state index in [2.05, 4.69) is 34.2 Å². The Hall–Kier alpha value is -0.370. The van der Waals surface area contributed by atoms with Crippen molar-refractivity contribution in [1.29, 1.82) is 5.26 Å². The number of halogens is 1. The summed E-state index contributed by atoms with van der Waals surface area (Å²) in [6.45, 7) is 3.04. The number of nitrogens with zero attached hydrogens (tertiary/aromatic N) is 1. The maximum Gasteiger partial charge on any atom is 0.130 e. The lowest BCUT2D eigenvalue weighted by Crippen LogP contribution is -2.21. The van der Waals surface area contributed by atoms with Crippen LogP contribution in [0.3, 0.4) is 0 Å². The van der Waals surface area contributed by atoms with E-state index in [0.717, 1.165) is 21.8 Å². The molecule has 1 saturated carbocycles. The van der Waals surface area contributed by atoms with Gasteiger partial charge in [0, 0.05) is 14.2 Å². The Morgan fingerprint density at radius 2 is 2.47 bits per heavy atom. The molecule has 1 aliphatic rings. The molecule has 80 valence electrons. The van der Waals surface area contributed by atoms with E-state index in [0.29, 0.717) is 0 Å². The predicted molar refractivity (Wildman–Crippen MR) is 65.8 cm³/mol. The van der Waals surface area contributed by atoms with Crippen molar-refractivity contribution in [2.75, 3.05) is 6.54 Å². The number of aryl methyl sites for hydroxylation is 1. The monoisotopic (exact) mass is 284 g/mol. The molecule has 1 aliphatic carbocycles. The standard InChI is InChI=1S/C11H13BrN2S/c1-7-9(12)4-11(15-7)10(5-13)14-6-8-2-3-8/h4,8,10,14H,2-3,6H2,1H3. The van der Waals surface area contributed by atoms with Gasteiger partial charge in [-0.2, -0.15) is 5.26 Å². The molecule has 1 aromatic heterocycles. The number of hydrogen-bond donors (Lipinski definition) is 1. The molecule has 1 fully saturated rings. The molecule has 1 N–H and O–H groups in total. The van der Waals surface area contributed by atoms with E-state index in [1.807, 2.05) is 6.07 Å². The fourth-order valence-corrected chi connectivity index (χ4v) is 3.02. The Morgan fingerprint density at radius 1 is 1.73 bits per heavy atom. The minimum absolute atomic E-state index is 0.138. The molecule has 2 rings (SSSR count). The second-order valence-electron chi connectivity index (χ2n) is 3.97. The first-order valence-corrected chi connectivity index (χ1v) is 6.70. The number of nitriles is 1. The Bertz CT molecular complexity index is 370. The molecule has 0 aliphatic heterocycles. The molecule has 1 heterocycles. The van der Waals surface area contributed by atoms with Crippen LogP contribution in [0.2, 0.25) is 0 Å². The first-order valence-electron chi connectivity index (χ1n) is 5.09. The Balaban J connectivity index is 2.01. The third-order valence-corrected chi connectivity index (χ3v) is 4.80. The maximum absolute atomic E-state index is 9.09. The van der Waals surface area contributed by atoms with Crippen molar-refractivity contribution < 1.29 is 0 Å². The zero-order chi connectivity index (χ0) is 10.8. The van der Waals surface area contributed by atoms with Crippen LogP contribution in [0.5, 0.6) is 0 Å². The Labute approximate surface area is 102 Å². The van der Waals surface area contributed by atoms with Gasteiger partial charge in [-0.15, -0.1) is 11.3 Å². The van der Waals surface area contributed by atoms with Gasteiger partial charge in [-0.25, -0.2) is 0 Å². The van der Waals surface area contributed by atoms with E-state index in [1.165, 1.54) is 17.7 Å². The molecule has 1 unspecified atom stereocenters. The van der Waals surface area contributed by atoms with E-state index in [4.69, 9.17) is 5.26 Å². The third-order valence-electron chi connectivity index (χ3n) is 2.60. The molecule has 0 bridgehead atoms. The lowest BCUT2D eigenvalue weighted by atomic mass is 10.2. The normalized spacial score (nSPS) is 17.4. The number of rotatable bonds is 4. The van der Waals surface area contributed by atoms with Gasteiger partial charge in [0.25, 0.3) is 0 Å². The quantitative estimate of drug-likeness (QED) is 0.920. The van der Waals surface area contributed by atoms with Gasteiger partial charge in [0.05, 0.1) is 6.07 Å². The summed E-state index contributed by atoms with van der Waals surface area (Å²) in [4.78, 5) is 2.35. The van der Waals surface area contributed by atoms with Crippen LogP contribution in [0, 0.1) is 24.2 Å². The van der Waals surface area contributed by atoms with Crippen molar-refractivity contribution >= 4 is 27.3 Å². The van der Waals surface area contributed by atoms with E-state index in [1.54, 1.807) is 11.3 Å². The first kappa shape index (κ1) is 11.1. The number of hydrogen-bond acceptors (Lipinski definition) is 3. The molecular formula is C11H13BrN2S. The van der Waals surface area contributed by atoms with Crippen LogP contribution in [-0.4, -0.2) is 6.54 Å². The first-order chi connectivity index (χ1) is 7.20. The summed E-state index contributed by atoms with van der Waals surface area (Å²) in [5, 5.41) is 12.4. The van der Waals surface area contributed by atoms with Crippen LogP contribution in [-0.2, 0) is 0 Å². The summed E-state index contributed by atoms with van der Waals surface area (Å²) < 4.78 is 1.11. The summed E-state index contributed by atoms with van der Waals surface area (Å²) >= 11 is 5.17. The molecule has 0 spiro atoms. The fourth-order valence-electron chi connectivity index (χ4n) is 1.44. The number of nitrogens with one attached hydrogen (secondary N) is 1. The zero-order valence-electron chi connectivity index (χ0n) is 8.59. The summed E-state index contributed by atoms with van der Waals surface area (Å²) in [6.07, 6.45) is 2.64. The van der Waals surface area contributed by atoms with Crippen molar-refractivity contribution in [1.82, 2.24) is 5.32 Å². The highest BCUT2D eigenvalue weighted by Crippen LogP contribution is 2.32. The summed E-state index contributed by atoms with van der Waals surface area (Å²) in [6, 6.07) is 4.23. The SMILES string of the molecule is Cc1sc(C(C#N)NCC2CC2)cc1Br. The molecule has 0 aromatic carbocycles. The zero-order valence-corrected chi connectivity index (χ0v) is 11.0. The van der Waals surface area contributed by atoms with Gasteiger partial charge in [0.2, 0.25) is 0 Å². The van der Waals surface area contributed by atoms with Gasteiger partial charge in [-0.3, -0.25) is 5.32 Å². The largest absolute Gasteiger partial charge is 0.297 e. The molecule has 0 radical (unpaired) electrons. The van der Waals surface area contributed by atoms with Crippen LogP contribution >= 0.6 is 27.3 Å². The Morgan fingerprint density at radius 3 is 2.93 bits per heavy atom. The molecule has 4 heteroatoms. The van der Waals surface area contributed by atoms with Gasteiger partial charge in [-0.05, 0) is 54.2 Å². The van der Waals surface area contributed by atoms with Gasteiger partial charge in [0.1, 0.15) is 6.04 Å². The van der Waals surface area contributed by atoms with Gasteiger partial charge in [0.15, 0.2) is 0 Å². The van der Waals surface area contributed by atoms with Crippen LogP contribution < -0.4 is 5.32 Å². The summed E-state index contributed by atoms with van der Waals surface area (Å²) in [5.74, 6) is 0.811. The molecule has 1 atom stereocenters. The number of thiophene rings is 1. The Kier molecular flexibility index (Phi) is 3.45. The molecular weight excluding hydrogens is 272 g/mol. The van der Waals surface area contributed by atoms with Crippen LogP contribution in [0.4, 0.5) is 0 Å². The minimum atomic E-state index is -0.138. The van der Waals surface area contributed by atoms with Crippen LogP contribution in [0.25, 0.3) is 0 Å². The second kappa shape index (κ2) is 4.65. The van der Waals surface area contributed by atoms with Crippen LogP contribution in [0.1, 0.15) is 28.6 Å².